The summed E-state index contributed by atoms with van der Waals surface area (Å²) in [6.45, 7) is 3.62. The Hall–Kier alpha value is -4.11. The molecule has 0 radical (unpaired) electrons. The van der Waals surface area contributed by atoms with E-state index in [1.165, 1.54) is 4.90 Å². The summed E-state index contributed by atoms with van der Waals surface area (Å²) in [5, 5.41) is 1.00. The van der Waals surface area contributed by atoms with E-state index in [2.05, 4.69) is 9.97 Å². The number of methoxy groups -OCH3 is 1. The maximum absolute atomic E-state index is 13.9. The third-order valence-electron chi connectivity index (χ3n) is 7.45. The van der Waals surface area contributed by atoms with Crippen molar-refractivity contribution in [2.75, 3.05) is 26.9 Å². The van der Waals surface area contributed by atoms with Gasteiger partial charge in [-0.3, -0.25) is 14.6 Å². The lowest BCUT2D eigenvalue weighted by molar-refractivity contribution is -0.133. The summed E-state index contributed by atoms with van der Waals surface area (Å²) < 4.78 is 12.9. The van der Waals surface area contributed by atoms with E-state index in [1.807, 2.05) is 66.2 Å². The Balaban J connectivity index is 1.43. The minimum Gasteiger partial charge on any atom is -0.491 e. The van der Waals surface area contributed by atoms with Gasteiger partial charge in [0.1, 0.15) is 23.9 Å². The van der Waals surface area contributed by atoms with Gasteiger partial charge in [0.15, 0.2) is 0 Å². The van der Waals surface area contributed by atoms with Crippen LogP contribution in [-0.2, 0) is 22.5 Å². The van der Waals surface area contributed by atoms with Crippen LogP contribution >= 0.6 is 0 Å². The molecule has 1 fully saturated rings. The van der Waals surface area contributed by atoms with Crippen LogP contribution in [0.4, 0.5) is 4.79 Å². The molecule has 2 aromatic carbocycles. The number of nitrogens with zero attached hydrogens (tertiary/aromatic N) is 4. The van der Waals surface area contributed by atoms with Crippen molar-refractivity contribution in [2.45, 2.75) is 31.5 Å². The first-order valence-corrected chi connectivity index (χ1v) is 12.4. The summed E-state index contributed by atoms with van der Waals surface area (Å²) in [7, 11) is 1.64. The minimum atomic E-state index is -1.01. The molecule has 190 valence electrons. The second-order valence-electron chi connectivity index (χ2n) is 9.74. The number of rotatable bonds is 8. The summed E-state index contributed by atoms with van der Waals surface area (Å²) in [6, 6.07) is 15.1. The Morgan fingerprint density at radius 1 is 1.11 bits per heavy atom. The SMILES string of the molecule is COCCOc1ccc2[nH]c3c(c2c1)CC1(C)C(=O)N(CCn2ccnc2)C(=O)N1C3c1ccccc1. The first kappa shape index (κ1) is 23.3. The molecule has 0 saturated carbocycles. The van der Waals surface area contributed by atoms with Gasteiger partial charge in [-0.25, -0.2) is 9.78 Å². The molecule has 0 aliphatic carbocycles. The van der Waals surface area contributed by atoms with Crippen molar-refractivity contribution in [1.29, 1.82) is 0 Å². The number of aromatic amines is 1. The lowest BCUT2D eigenvalue weighted by atomic mass is 9.81. The van der Waals surface area contributed by atoms with Crippen LogP contribution < -0.4 is 4.74 Å². The molecule has 9 nitrogen and oxygen atoms in total. The van der Waals surface area contributed by atoms with Gasteiger partial charge in [0.25, 0.3) is 5.91 Å². The van der Waals surface area contributed by atoms with Gasteiger partial charge >= 0.3 is 6.03 Å². The highest BCUT2D eigenvalue weighted by Crippen LogP contribution is 2.48. The van der Waals surface area contributed by atoms with Crippen molar-refractivity contribution in [3.05, 3.63) is 84.1 Å². The monoisotopic (exact) mass is 499 g/mol. The van der Waals surface area contributed by atoms with Crippen molar-refractivity contribution in [3.63, 3.8) is 0 Å². The second-order valence-corrected chi connectivity index (χ2v) is 9.74. The van der Waals surface area contributed by atoms with Gasteiger partial charge in [-0.15, -0.1) is 0 Å². The van der Waals surface area contributed by atoms with Crippen molar-refractivity contribution in [3.8, 4) is 5.75 Å². The number of benzene rings is 2. The average molecular weight is 500 g/mol. The van der Waals surface area contributed by atoms with Gasteiger partial charge in [-0.1, -0.05) is 30.3 Å². The molecule has 0 spiro atoms. The van der Waals surface area contributed by atoms with E-state index in [4.69, 9.17) is 9.47 Å². The van der Waals surface area contributed by atoms with E-state index in [9.17, 15) is 9.59 Å². The van der Waals surface area contributed by atoms with Crippen molar-refractivity contribution in [1.82, 2.24) is 24.3 Å². The summed E-state index contributed by atoms with van der Waals surface area (Å²) in [6.07, 6.45) is 5.62. The number of imidazole rings is 1. The number of hydrogen-bond acceptors (Lipinski definition) is 5. The van der Waals surface area contributed by atoms with Crippen LogP contribution in [-0.4, -0.2) is 68.7 Å². The number of hydrogen-bond donors (Lipinski definition) is 1. The van der Waals surface area contributed by atoms with E-state index in [1.54, 1.807) is 24.5 Å². The van der Waals surface area contributed by atoms with Gasteiger partial charge < -0.3 is 19.0 Å². The number of ether oxygens (including phenoxy) is 2. The zero-order valence-electron chi connectivity index (χ0n) is 20.9. The Labute approximate surface area is 214 Å². The largest absolute Gasteiger partial charge is 0.491 e. The van der Waals surface area contributed by atoms with Crippen molar-refractivity contribution in [2.24, 2.45) is 0 Å². The number of nitrogens with one attached hydrogen (secondary N) is 1. The molecule has 2 aliphatic rings. The molecule has 37 heavy (non-hydrogen) atoms. The first-order valence-electron chi connectivity index (χ1n) is 12.4. The molecule has 4 aromatic rings. The highest BCUT2D eigenvalue weighted by atomic mass is 16.5. The molecular weight excluding hydrogens is 470 g/mol. The lowest BCUT2D eigenvalue weighted by Crippen LogP contribution is -2.53. The molecule has 2 atom stereocenters. The fourth-order valence-electron chi connectivity index (χ4n) is 5.64. The van der Waals surface area contributed by atoms with E-state index in [0.717, 1.165) is 33.5 Å². The predicted molar refractivity (Wildman–Crippen MR) is 137 cm³/mol. The molecule has 2 aliphatic heterocycles. The van der Waals surface area contributed by atoms with E-state index in [-0.39, 0.29) is 18.5 Å². The van der Waals surface area contributed by atoms with E-state index in [0.29, 0.717) is 26.2 Å². The van der Waals surface area contributed by atoms with Gasteiger partial charge in [-0.05, 0) is 36.2 Å². The van der Waals surface area contributed by atoms with Crippen LogP contribution in [0.3, 0.4) is 0 Å². The van der Waals surface area contributed by atoms with Crippen LogP contribution in [0.2, 0.25) is 0 Å². The van der Waals surface area contributed by atoms with Gasteiger partial charge in [0, 0.05) is 55.6 Å². The first-order chi connectivity index (χ1) is 18.0. The summed E-state index contributed by atoms with van der Waals surface area (Å²) in [4.78, 5) is 38.6. The molecule has 1 N–H and O–H groups in total. The van der Waals surface area contributed by atoms with Crippen molar-refractivity contribution < 1.29 is 19.1 Å². The molecule has 4 heterocycles. The average Bonchev–Trinajstić information content (AvgIpc) is 3.60. The number of carbonyl (C=O) groups excluding carboxylic acids is 2. The Kier molecular flexibility index (Phi) is 5.72. The number of carbonyl (C=O) groups is 2. The van der Waals surface area contributed by atoms with Gasteiger partial charge in [0.05, 0.1) is 12.9 Å². The quantitative estimate of drug-likeness (QED) is 0.294. The summed E-state index contributed by atoms with van der Waals surface area (Å²) in [5.74, 6) is 0.567. The Morgan fingerprint density at radius 2 is 1.95 bits per heavy atom. The van der Waals surface area contributed by atoms with Crippen LogP contribution in [0.25, 0.3) is 10.9 Å². The maximum Gasteiger partial charge on any atom is 0.328 e. The molecule has 9 heteroatoms. The number of aromatic nitrogens is 3. The zero-order chi connectivity index (χ0) is 25.6. The fraction of sp³-hybridized carbons (Fsp3) is 0.321. The van der Waals surface area contributed by atoms with Gasteiger partial charge in [0.2, 0.25) is 0 Å². The normalized spacial score (nSPS) is 21.0. The minimum absolute atomic E-state index is 0.175. The summed E-state index contributed by atoms with van der Waals surface area (Å²) >= 11 is 0. The zero-order valence-corrected chi connectivity index (χ0v) is 20.9. The van der Waals surface area contributed by atoms with E-state index >= 15 is 0 Å². The second kappa shape index (κ2) is 9.08. The number of imide groups is 1. The topological polar surface area (TPSA) is 92.7 Å². The summed E-state index contributed by atoms with van der Waals surface area (Å²) in [5.41, 5.74) is 2.87. The smallest absolute Gasteiger partial charge is 0.328 e. The molecule has 1 saturated heterocycles. The highest BCUT2D eigenvalue weighted by Gasteiger charge is 2.60. The molecular formula is C28H29N5O4. The number of H-pyrrole nitrogens is 1. The Bertz CT molecular complexity index is 1450. The third-order valence-corrected chi connectivity index (χ3v) is 7.45. The predicted octanol–water partition coefficient (Wildman–Crippen LogP) is 3.76. The van der Waals surface area contributed by atoms with Crippen LogP contribution in [0.15, 0.2) is 67.3 Å². The molecule has 2 unspecified atom stereocenters. The molecule has 2 aromatic heterocycles. The fourth-order valence-corrected chi connectivity index (χ4v) is 5.64. The third kappa shape index (κ3) is 3.77. The lowest BCUT2D eigenvalue weighted by Gasteiger charge is -2.42. The van der Waals surface area contributed by atoms with Crippen LogP contribution in [0.5, 0.6) is 5.75 Å². The van der Waals surface area contributed by atoms with Crippen LogP contribution in [0.1, 0.15) is 29.8 Å². The number of fused-ring (bicyclic) bond motifs is 4. The maximum atomic E-state index is 13.9. The van der Waals surface area contributed by atoms with Crippen molar-refractivity contribution >= 4 is 22.8 Å². The molecule has 3 amide bonds. The highest BCUT2D eigenvalue weighted by molar-refractivity contribution is 6.08. The number of urea groups is 1. The Morgan fingerprint density at radius 3 is 2.70 bits per heavy atom. The standard InChI is InChI=1S/C28H29N5O4/c1-28-17-22-21-16-20(37-15-14-36-2)8-9-23(21)30-24(22)25(19-6-4-3-5-7-19)33(28)27(35)32(26(28)34)13-12-31-11-10-29-18-31/h3-11,16,18,25,30H,12-15,17H2,1-2H3. The van der Waals surface area contributed by atoms with Gasteiger partial charge in [-0.2, -0.15) is 0 Å². The molecule has 0 bridgehead atoms. The molecule has 6 rings (SSSR count). The van der Waals surface area contributed by atoms with E-state index < -0.39 is 11.6 Å². The number of amides is 3. The van der Waals surface area contributed by atoms with Crippen LogP contribution in [0, 0.1) is 0 Å².